The number of rotatable bonds is 3. The lowest BCUT2D eigenvalue weighted by molar-refractivity contribution is 0.126. The molecule has 1 aliphatic heterocycles. The first-order valence-corrected chi connectivity index (χ1v) is 6.58. The minimum Gasteiger partial charge on any atom is -0.325 e. The van der Waals surface area contributed by atoms with E-state index in [1.54, 1.807) is 0 Å². The number of amides is 2. The Morgan fingerprint density at radius 1 is 1.24 bits per heavy atom. The van der Waals surface area contributed by atoms with Crippen molar-refractivity contribution in [3.8, 4) is 0 Å². The quantitative estimate of drug-likeness (QED) is 0.752. The molecule has 1 rings (SSSR count). The van der Waals surface area contributed by atoms with Crippen molar-refractivity contribution >= 4 is 6.03 Å². The number of likely N-dealkylation sites (tertiary alicyclic amines) is 1. The molecule has 1 fully saturated rings. The summed E-state index contributed by atoms with van der Waals surface area (Å²) in [4.78, 5) is 18.2. The summed E-state index contributed by atoms with van der Waals surface area (Å²) >= 11 is 0. The molecule has 0 aromatic carbocycles. The first-order valence-electron chi connectivity index (χ1n) is 6.58. The molecule has 0 spiro atoms. The lowest BCUT2D eigenvalue weighted by atomic mass is 9.96. The summed E-state index contributed by atoms with van der Waals surface area (Å²) in [5, 5.41) is 0. The Hall–Kier alpha value is -0.770. The standard InChI is InChI=1S/C13H27N3O/c1-11(2)15(5)13(17)16-8-6-12(7-9-16)10-14(3)4/h11-12H,6-10H2,1-5H3. The van der Waals surface area contributed by atoms with E-state index >= 15 is 0 Å². The molecule has 0 radical (unpaired) electrons. The molecule has 0 N–H and O–H groups in total. The second-order valence-corrected chi connectivity index (χ2v) is 5.68. The van der Waals surface area contributed by atoms with Crippen LogP contribution in [0.5, 0.6) is 0 Å². The number of urea groups is 1. The average molecular weight is 241 g/mol. The van der Waals surface area contributed by atoms with Crippen molar-refractivity contribution in [2.24, 2.45) is 5.92 Å². The molecule has 1 heterocycles. The van der Waals surface area contributed by atoms with E-state index in [9.17, 15) is 4.79 Å². The zero-order valence-electron chi connectivity index (χ0n) is 11.9. The van der Waals surface area contributed by atoms with E-state index in [4.69, 9.17) is 0 Å². The zero-order chi connectivity index (χ0) is 13.0. The number of carbonyl (C=O) groups is 1. The van der Waals surface area contributed by atoms with Crippen LogP contribution < -0.4 is 0 Å². The van der Waals surface area contributed by atoms with Crippen molar-refractivity contribution in [2.75, 3.05) is 40.8 Å². The van der Waals surface area contributed by atoms with Gasteiger partial charge in [0.1, 0.15) is 0 Å². The van der Waals surface area contributed by atoms with Gasteiger partial charge in [-0.25, -0.2) is 4.79 Å². The zero-order valence-corrected chi connectivity index (χ0v) is 11.9. The van der Waals surface area contributed by atoms with Crippen LogP contribution in [-0.2, 0) is 0 Å². The molecule has 4 nitrogen and oxygen atoms in total. The van der Waals surface area contributed by atoms with Crippen molar-refractivity contribution in [2.45, 2.75) is 32.7 Å². The minimum atomic E-state index is 0.184. The largest absolute Gasteiger partial charge is 0.325 e. The van der Waals surface area contributed by atoms with Gasteiger partial charge in [0.15, 0.2) is 0 Å². The molecule has 1 saturated heterocycles. The van der Waals surface area contributed by atoms with Crippen LogP contribution in [0.25, 0.3) is 0 Å². The smallest absolute Gasteiger partial charge is 0.319 e. The molecule has 0 bridgehead atoms. The fourth-order valence-electron chi connectivity index (χ4n) is 2.27. The van der Waals surface area contributed by atoms with Gasteiger partial charge < -0.3 is 14.7 Å². The summed E-state index contributed by atoms with van der Waals surface area (Å²) in [6.07, 6.45) is 2.27. The van der Waals surface area contributed by atoms with Crippen molar-refractivity contribution in [3.63, 3.8) is 0 Å². The van der Waals surface area contributed by atoms with Gasteiger partial charge in [0.05, 0.1) is 0 Å². The van der Waals surface area contributed by atoms with Crippen LogP contribution in [0, 0.1) is 5.92 Å². The molecule has 4 heteroatoms. The topological polar surface area (TPSA) is 26.8 Å². The molecule has 0 aliphatic carbocycles. The number of carbonyl (C=O) groups excluding carboxylic acids is 1. The van der Waals surface area contributed by atoms with Gasteiger partial charge in [0, 0.05) is 32.7 Å². The second kappa shape index (κ2) is 6.24. The van der Waals surface area contributed by atoms with Crippen LogP contribution in [0.15, 0.2) is 0 Å². The summed E-state index contributed by atoms with van der Waals surface area (Å²) in [6.45, 7) is 7.07. The minimum absolute atomic E-state index is 0.184. The van der Waals surface area contributed by atoms with Crippen LogP contribution >= 0.6 is 0 Å². The number of piperidine rings is 1. The second-order valence-electron chi connectivity index (χ2n) is 5.68. The lowest BCUT2D eigenvalue weighted by Gasteiger charge is -2.36. The monoisotopic (exact) mass is 241 g/mol. The summed E-state index contributed by atoms with van der Waals surface area (Å²) in [6, 6.07) is 0.463. The molecule has 0 unspecified atom stereocenters. The van der Waals surface area contributed by atoms with Gasteiger partial charge in [-0.05, 0) is 46.7 Å². The predicted molar refractivity (Wildman–Crippen MR) is 71.1 cm³/mol. The van der Waals surface area contributed by atoms with Gasteiger partial charge in [-0.3, -0.25) is 0 Å². The summed E-state index contributed by atoms with van der Waals surface area (Å²) < 4.78 is 0. The Balaban J connectivity index is 2.39. The van der Waals surface area contributed by atoms with Gasteiger partial charge in [-0.15, -0.1) is 0 Å². The maximum Gasteiger partial charge on any atom is 0.319 e. The van der Waals surface area contributed by atoms with Crippen molar-refractivity contribution < 1.29 is 4.79 Å². The molecule has 17 heavy (non-hydrogen) atoms. The van der Waals surface area contributed by atoms with E-state index in [0.717, 1.165) is 38.4 Å². The fraction of sp³-hybridized carbons (Fsp3) is 0.923. The van der Waals surface area contributed by atoms with E-state index in [2.05, 4.69) is 32.8 Å². The Morgan fingerprint density at radius 3 is 2.18 bits per heavy atom. The van der Waals surface area contributed by atoms with E-state index in [1.807, 2.05) is 16.8 Å². The predicted octanol–water partition coefficient (Wildman–Crippen LogP) is 1.72. The molecule has 1 aliphatic rings. The maximum atomic E-state index is 12.1. The average Bonchev–Trinajstić information content (AvgIpc) is 2.27. The highest BCUT2D eigenvalue weighted by Gasteiger charge is 2.25. The normalized spacial score (nSPS) is 17.9. The van der Waals surface area contributed by atoms with Crippen LogP contribution in [0.2, 0.25) is 0 Å². The van der Waals surface area contributed by atoms with E-state index in [1.165, 1.54) is 0 Å². The molecule has 100 valence electrons. The molecular formula is C13H27N3O. The number of hydrogen-bond donors (Lipinski definition) is 0. The molecule has 0 saturated carbocycles. The Kier molecular flexibility index (Phi) is 5.25. The highest BCUT2D eigenvalue weighted by molar-refractivity contribution is 5.74. The Morgan fingerprint density at radius 2 is 1.76 bits per heavy atom. The third kappa shape index (κ3) is 4.19. The lowest BCUT2D eigenvalue weighted by Crippen LogP contribution is -2.48. The molecule has 0 aromatic heterocycles. The van der Waals surface area contributed by atoms with Gasteiger partial charge in [0.25, 0.3) is 0 Å². The van der Waals surface area contributed by atoms with Crippen LogP contribution in [0.1, 0.15) is 26.7 Å². The Bertz CT molecular complexity index is 245. The maximum absolute atomic E-state index is 12.1. The third-order valence-electron chi connectivity index (χ3n) is 3.58. The molecule has 2 amide bonds. The van der Waals surface area contributed by atoms with E-state index in [-0.39, 0.29) is 12.1 Å². The SMILES string of the molecule is CC(C)N(C)C(=O)N1CCC(CN(C)C)CC1. The van der Waals surface area contributed by atoms with Crippen LogP contribution in [-0.4, -0.2) is 67.5 Å². The number of hydrogen-bond acceptors (Lipinski definition) is 2. The van der Waals surface area contributed by atoms with E-state index in [0.29, 0.717) is 0 Å². The first kappa shape index (κ1) is 14.3. The van der Waals surface area contributed by atoms with E-state index < -0.39 is 0 Å². The van der Waals surface area contributed by atoms with Crippen LogP contribution in [0.3, 0.4) is 0 Å². The third-order valence-corrected chi connectivity index (χ3v) is 3.58. The van der Waals surface area contributed by atoms with Gasteiger partial charge in [-0.2, -0.15) is 0 Å². The van der Waals surface area contributed by atoms with Gasteiger partial charge in [0.2, 0.25) is 0 Å². The molecule has 0 atom stereocenters. The fourth-order valence-corrected chi connectivity index (χ4v) is 2.27. The Labute approximate surface area is 106 Å². The molecule has 0 aromatic rings. The van der Waals surface area contributed by atoms with Crippen LogP contribution in [0.4, 0.5) is 4.79 Å². The molecular weight excluding hydrogens is 214 g/mol. The highest BCUT2D eigenvalue weighted by atomic mass is 16.2. The number of nitrogens with zero attached hydrogens (tertiary/aromatic N) is 3. The van der Waals surface area contributed by atoms with Gasteiger partial charge in [-0.1, -0.05) is 0 Å². The summed E-state index contributed by atoms with van der Waals surface area (Å²) in [5.74, 6) is 0.749. The highest BCUT2D eigenvalue weighted by Crippen LogP contribution is 2.19. The van der Waals surface area contributed by atoms with Crippen molar-refractivity contribution in [3.05, 3.63) is 0 Å². The van der Waals surface area contributed by atoms with Crippen molar-refractivity contribution in [1.29, 1.82) is 0 Å². The first-order chi connectivity index (χ1) is 7.91. The van der Waals surface area contributed by atoms with Gasteiger partial charge >= 0.3 is 6.03 Å². The van der Waals surface area contributed by atoms with Crippen molar-refractivity contribution in [1.82, 2.24) is 14.7 Å². The summed E-state index contributed by atoms with van der Waals surface area (Å²) in [7, 11) is 6.12. The summed E-state index contributed by atoms with van der Waals surface area (Å²) in [5.41, 5.74) is 0.